The second-order valence-electron chi connectivity index (χ2n) is 5.35. The van der Waals surface area contributed by atoms with Gasteiger partial charge in [0.25, 0.3) is 5.91 Å². The lowest BCUT2D eigenvalue weighted by molar-refractivity contribution is -0.118. The number of hydrogen-bond donors (Lipinski definition) is 2. The fraction of sp³-hybridized carbons (Fsp3) is 0.235. The molecule has 2 amide bonds. The minimum Gasteiger partial charge on any atom is -0.494 e. The van der Waals surface area contributed by atoms with Gasteiger partial charge in [0.2, 0.25) is 5.91 Å². The van der Waals surface area contributed by atoms with E-state index < -0.39 is 0 Å². The van der Waals surface area contributed by atoms with Crippen LogP contribution in [-0.4, -0.2) is 23.9 Å². The molecule has 1 heterocycles. The van der Waals surface area contributed by atoms with Gasteiger partial charge in [-0.25, -0.2) is 4.98 Å². The SMILES string of the molecule is COc1cc(NC(=O)c2cccnc2Cl)ccc1NC(=O)C(C)C. The molecule has 6 nitrogen and oxygen atoms in total. The summed E-state index contributed by atoms with van der Waals surface area (Å²) < 4.78 is 5.27. The number of benzene rings is 1. The number of rotatable bonds is 5. The van der Waals surface area contributed by atoms with Crippen LogP contribution >= 0.6 is 11.6 Å². The van der Waals surface area contributed by atoms with Gasteiger partial charge in [0.05, 0.1) is 18.4 Å². The van der Waals surface area contributed by atoms with E-state index in [0.29, 0.717) is 17.1 Å². The Hall–Kier alpha value is -2.60. The van der Waals surface area contributed by atoms with Crippen LogP contribution < -0.4 is 15.4 Å². The number of carbonyl (C=O) groups excluding carboxylic acids is 2. The lowest BCUT2D eigenvalue weighted by atomic mass is 10.2. The predicted molar refractivity (Wildman–Crippen MR) is 93.7 cm³/mol. The van der Waals surface area contributed by atoms with Gasteiger partial charge in [0.15, 0.2) is 0 Å². The van der Waals surface area contributed by atoms with E-state index in [1.807, 2.05) is 0 Å². The third-order valence-corrected chi connectivity index (χ3v) is 3.55. The molecule has 2 aromatic rings. The zero-order chi connectivity index (χ0) is 17.7. The molecular weight excluding hydrogens is 330 g/mol. The van der Waals surface area contributed by atoms with Crippen LogP contribution in [0.1, 0.15) is 24.2 Å². The largest absolute Gasteiger partial charge is 0.494 e. The summed E-state index contributed by atoms with van der Waals surface area (Å²) in [5.41, 5.74) is 1.32. The molecule has 7 heteroatoms. The number of carbonyl (C=O) groups is 2. The van der Waals surface area contributed by atoms with E-state index in [2.05, 4.69) is 15.6 Å². The standard InChI is InChI=1S/C17H18ClN3O3/c1-10(2)16(22)21-13-7-6-11(9-14(13)24-3)20-17(23)12-5-4-8-19-15(12)18/h4-10H,1-3H3,(H,20,23)(H,21,22). The summed E-state index contributed by atoms with van der Waals surface area (Å²) in [6.45, 7) is 3.60. The van der Waals surface area contributed by atoms with Gasteiger partial charge in [0.1, 0.15) is 10.9 Å². The molecule has 24 heavy (non-hydrogen) atoms. The lowest BCUT2D eigenvalue weighted by Gasteiger charge is -2.14. The van der Waals surface area contributed by atoms with Gasteiger partial charge in [-0.1, -0.05) is 25.4 Å². The first-order valence-electron chi connectivity index (χ1n) is 7.33. The topological polar surface area (TPSA) is 80.3 Å². The molecule has 0 atom stereocenters. The number of aromatic nitrogens is 1. The first-order chi connectivity index (χ1) is 11.4. The van der Waals surface area contributed by atoms with Crippen molar-refractivity contribution in [1.82, 2.24) is 4.98 Å². The van der Waals surface area contributed by atoms with E-state index in [9.17, 15) is 9.59 Å². The molecule has 1 aromatic heterocycles. The molecule has 0 spiro atoms. The molecule has 0 aliphatic heterocycles. The minimum absolute atomic E-state index is 0.118. The van der Waals surface area contributed by atoms with Crippen LogP contribution in [0.5, 0.6) is 5.75 Å². The van der Waals surface area contributed by atoms with E-state index in [-0.39, 0.29) is 28.4 Å². The van der Waals surface area contributed by atoms with Crippen molar-refractivity contribution in [3.05, 3.63) is 47.2 Å². The third-order valence-electron chi connectivity index (χ3n) is 3.25. The second kappa shape index (κ2) is 7.79. The Kier molecular flexibility index (Phi) is 5.76. The second-order valence-corrected chi connectivity index (χ2v) is 5.71. The number of hydrogen-bond acceptors (Lipinski definition) is 4. The number of methoxy groups -OCH3 is 1. The summed E-state index contributed by atoms with van der Waals surface area (Å²) in [6, 6.07) is 8.17. The van der Waals surface area contributed by atoms with Crippen molar-refractivity contribution in [2.24, 2.45) is 5.92 Å². The molecular formula is C17H18ClN3O3. The Balaban J connectivity index is 2.19. The van der Waals surface area contributed by atoms with E-state index in [0.717, 1.165) is 0 Å². The summed E-state index contributed by atoms with van der Waals surface area (Å²) in [7, 11) is 1.49. The highest BCUT2D eigenvalue weighted by atomic mass is 35.5. The van der Waals surface area contributed by atoms with Gasteiger partial charge in [-0.2, -0.15) is 0 Å². The Morgan fingerprint density at radius 2 is 1.96 bits per heavy atom. The lowest BCUT2D eigenvalue weighted by Crippen LogP contribution is -2.18. The highest BCUT2D eigenvalue weighted by molar-refractivity contribution is 6.33. The van der Waals surface area contributed by atoms with Crippen LogP contribution in [0, 0.1) is 5.92 Å². The average molecular weight is 348 g/mol. The molecule has 2 rings (SSSR count). The van der Waals surface area contributed by atoms with E-state index in [4.69, 9.17) is 16.3 Å². The maximum absolute atomic E-state index is 12.2. The van der Waals surface area contributed by atoms with Gasteiger partial charge in [-0.05, 0) is 24.3 Å². The highest BCUT2D eigenvalue weighted by Crippen LogP contribution is 2.29. The minimum atomic E-state index is -0.380. The highest BCUT2D eigenvalue weighted by Gasteiger charge is 2.14. The number of pyridine rings is 1. The summed E-state index contributed by atoms with van der Waals surface area (Å²) >= 11 is 5.91. The van der Waals surface area contributed by atoms with Crippen molar-refractivity contribution in [1.29, 1.82) is 0 Å². The van der Waals surface area contributed by atoms with Crippen LogP contribution in [0.25, 0.3) is 0 Å². The molecule has 0 saturated carbocycles. The fourth-order valence-electron chi connectivity index (χ4n) is 1.90. The van der Waals surface area contributed by atoms with Crippen molar-refractivity contribution < 1.29 is 14.3 Å². The van der Waals surface area contributed by atoms with Crippen molar-refractivity contribution in [2.45, 2.75) is 13.8 Å². The normalized spacial score (nSPS) is 10.4. The van der Waals surface area contributed by atoms with Gasteiger partial charge < -0.3 is 15.4 Å². The van der Waals surface area contributed by atoms with Gasteiger partial charge in [-0.15, -0.1) is 0 Å². The number of nitrogens with one attached hydrogen (secondary N) is 2. The molecule has 0 aliphatic carbocycles. The number of anilines is 2. The smallest absolute Gasteiger partial charge is 0.258 e. The molecule has 0 radical (unpaired) electrons. The van der Waals surface area contributed by atoms with Crippen LogP contribution in [-0.2, 0) is 4.79 Å². The van der Waals surface area contributed by atoms with Gasteiger partial charge >= 0.3 is 0 Å². The summed E-state index contributed by atoms with van der Waals surface area (Å²) in [6.07, 6.45) is 1.51. The molecule has 126 valence electrons. The van der Waals surface area contributed by atoms with Crippen molar-refractivity contribution in [3.63, 3.8) is 0 Å². The van der Waals surface area contributed by atoms with E-state index >= 15 is 0 Å². The summed E-state index contributed by atoms with van der Waals surface area (Å²) in [5.74, 6) is -0.206. The number of ether oxygens (including phenoxy) is 1. The monoisotopic (exact) mass is 347 g/mol. The quantitative estimate of drug-likeness (QED) is 0.810. The molecule has 0 bridgehead atoms. The first-order valence-corrected chi connectivity index (χ1v) is 7.71. The number of nitrogens with zero attached hydrogens (tertiary/aromatic N) is 1. The zero-order valence-electron chi connectivity index (χ0n) is 13.6. The molecule has 0 unspecified atom stereocenters. The third kappa shape index (κ3) is 4.23. The summed E-state index contributed by atoms with van der Waals surface area (Å²) in [4.78, 5) is 27.9. The average Bonchev–Trinajstić information content (AvgIpc) is 2.56. The van der Waals surface area contributed by atoms with Gasteiger partial charge in [-0.3, -0.25) is 9.59 Å². The Morgan fingerprint density at radius 3 is 2.58 bits per heavy atom. The van der Waals surface area contributed by atoms with Crippen LogP contribution in [0.2, 0.25) is 5.15 Å². The number of halogens is 1. The van der Waals surface area contributed by atoms with Gasteiger partial charge in [0, 0.05) is 23.9 Å². The van der Waals surface area contributed by atoms with Crippen LogP contribution in [0.3, 0.4) is 0 Å². The molecule has 0 saturated heterocycles. The van der Waals surface area contributed by atoms with Crippen LogP contribution in [0.15, 0.2) is 36.5 Å². The Morgan fingerprint density at radius 1 is 1.21 bits per heavy atom. The molecule has 0 fully saturated rings. The molecule has 2 N–H and O–H groups in total. The van der Waals surface area contributed by atoms with E-state index in [1.165, 1.54) is 13.3 Å². The van der Waals surface area contributed by atoms with Crippen molar-refractivity contribution in [2.75, 3.05) is 17.7 Å². The first kappa shape index (κ1) is 17.7. The molecule has 1 aromatic carbocycles. The van der Waals surface area contributed by atoms with E-state index in [1.54, 1.807) is 44.2 Å². The van der Waals surface area contributed by atoms with Crippen molar-refractivity contribution in [3.8, 4) is 5.75 Å². The maximum atomic E-state index is 12.2. The fourth-order valence-corrected chi connectivity index (χ4v) is 2.11. The van der Waals surface area contributed by atoms with Crippen LogP contribution in [0.4, 0.5) is 11.4 Å². The predicted octanol–water partition coefficient (Wildman–Crippen LogP) is 3.59. The maximum Gasteiger partial charge on any atom is 0.258 e. The zero-order valence-corrected chi connectivity index (χ0v) is 14.3. The van der Waals surface area contributed by atoms with Crippen molar-refractivity contribution >= 4 is 34.8 Å². The molecule has 0 aliphatic rings. The Bertz CT molecular complexity index is 762. The Labute approximate surface area is 145 Å². The number of amides is 2. The summed E-state index contributed by atoms with van der Waals surface area (Å²) in [5, 5.41) is 5.62.